The van der Waals surface area contributed by atoms with Crippen molar-refractivity contribution in [3.8, 4) is 0 Å². The molecule has 0 atom stereocenters. The Bertz CT molecular complexity index is 423. The highest BCUT2D eigenvalue weighted by Gasteiger charge is 2.22. The second-order valence-electron chi connectivity index (χ2n) is 3.40. The van der Waals surface area contributed by atoms with Crippen LogP contribution < -0.4 is 5.32 Å². The van der Waals surface area contributed by atoms with Gasteiger partial charge in [-0.05, 0) is 19.2 Å². The van der Waals surface area contributed by atoms with Crippen LogP contribution in [-0.4, -0.2) is 35.8 Å². The lowest BCUT2D eigenvalue weighted by molar-refractivity contribution is 0.0591. The molecule has 0 saturated carbocycles. The van der Waals surface area contributed by atoms with Gasteiger partial charge in [-0.2, -0.15) is 0 Å². The number of nitrogens with one attached hydrogen (secondary N) is 1. The molecule has 2 rings (SSSR count). The lowest BCUT2D eigenvalue weighted by atomic mass is 10.0. The van der Waals surface area contributed by atoms with E-state index in [0.717, 1.165) is 24.2 Å². The Morgan fingerprint density at radius 3 is 3.00 bits per heavy atom. The van der Waals surface area contributed by atoms with Gasteiger partial charge in [-0.15, -0.1) is 0 Å². The van der Waals surface area contributed by atoms with Gasteiger partial charge in [0.1, 0.15) is 0 Å². The van der Waals surface area contributed by atoms with Crippen LogP contribution in [0.4, 0.5) is 0 Å². The molecule has 0 radical (unpaired) electrons. The topological polar surface area (TPSA) is 64.1 Å². The summed E-state index contributed by atoms with van der Waals surface area (Å²) >= 11 is 1.43. The van der Waals surface area contributed by atoms with E-state index in [9.17, 15) is 4.79 Å². The van der Waals surface area contributed by atoms with Crippen LogP contribution >= 0.6 is 11.8 Å². The van der Waals surface area contributed by atoms with E-state index >= 15 is 0 Å². The summed E-state index contributed by atoms with van der Waals surface area (Å²) in [6.07, 6.45) is 2.66. The minimum atomic E-state index is -0.379. The number of fused-ring (bicyclic) bond motifs is 1. The highest BCUT2D eigenvalue weighted by atomic mass is 32.2. The van der Waals surface area contributed by atoms with E-state index in [1.807, 2.05) is 6.26 Å². The van der Waals surface area contributed by atoms with Crippen molar-refractivity contribution in [2.45, 2.75) is 18.1 Å². The maximum absolute atomic E-state index is 11.6. The normalized spacial score (nSPS) is 14.4. The van der Waals surface area contributed by atoms with Crippen molar-refractivity contribution >= 4 is 17.7 Å². The van der Waals surface area contributed by atoms with Gasteiger partial charge in [0.2, 0.25) is 0 Å². The molecule has 16 heavy (non-hydrogen) atoms. The van der Waals surface area contributed by atoms with Gasteiger partial charge in [0.25, 0.3) is 0 Å². The van der Waals surface area contributed by atoms with Crippen molar-refractivity contribution in [2.75, 3.05) is 19.9 Å². The molecule has 0 unspecified atom stereocenters. The zero-order valence-electron chi connectivity index (χ0n) is 9.24. The molecule has 0 aliphatic carbocycles. The second kappa shape index (κ2) is 4.80. The third kappa shape index (κ3) is 2.03. The predicted molar refractivity (Wildman–Crippen MR) is 60.6 cm³/mol. The first-order chi connectivity index (χ1) is 7.76. The van der Waals surface area contributed by atoms with Crippen molar-refractivity contribution in [1.82, 2.24) is 15.3 Å². The largest absolute Gasteiger partial charge is 0.464 e. The number of esters is 1. The van der Waals surface area contributed by atoms with E-state index < -0.39 is 0 Å². The first-order valence-electron chi connectivity index (χ1n) is 4.99. The summed E-state index contributed by atoms with van der Waals surface area (Å²) in [7, 11) is 1.37. The summed E-state index contributed by atoms with van der Waals surface area (Å²) < 4.78 is 4.74. The maximum atomic E-state index is 11.6. The number of rotatable bonds is 2. The lowest BCUT2D eigenvalue weighted by Gasteiger charge is -2.18. The Hall–Kier alpha value is -1.14. The van der Waals surface area contributed by atoms with Gasteiger partial charge >= 0.3 is 5.97 Å². The molecule has 0 fully saturated rings. The molecular formula is C10H13N3O2S. The number of carbonyl (C=O) groups is 1. The first-order valence-corrected chi connectivity index (χ1v) is 6.21. The minimum Gasteiger partial charge on any atom is -0.464 e. The van der Waals surface area contributed by atoms with Crippen LogP contribution in [0.15, 0.2) is 5.16 Å². The Labute approximate surface area is 98.0 Å². The Morgan fingerprint density at radius 2 is 2.31 bits per heavy atom. The van der Waals surface area contributed by atoms with E-state index in [1.54, 1.807) is 0 Å². The number of hydrogen-bond donors (Lipinski definition) is 1. The zero-order valence-corrected chi connectivity index (χ0v) is 10.1. The molecule has 0 spiro atoms. The molecule has 1 aromatic heterocycles. The van der Waals surface area contributed by atoms with Gasteiger partial charge in [-0.25, -0.2) is 14.8 Å². The third-order valence-electron chi connectivity index (χ3n) is 2.48. The molecule has 0 amide bonds. The van der Waals surface area contributed by atoms with Gasteiger partial charge in [-0.3, -0.25) is 0 Å². The summed E-state index contributed by atoms with van der Waals surface area (Å²) in [5, 5.41) is 3.84. The summed E-state index contributed by atoms with van der Waals surface area (Å²) in [6, 6.07) is 0. The van der Waals surface area contributed by atoms with Crippen molar-refractivity contribution in [2.24, 2.45) is 0 Å². The van der Waals surface area contributed by atoms with E-state index in [-0.39, 0.29) is 5.97 Å². The molecule has 0 bridgehead atoms. The molecule has 1 aliphatic heterocycles. The summed E-state index contributed by atoms with van der Waals surface area (Å²) in [5.41, 5.74) is 2.24. The molecule has 0 saturated heterocycles. The van der Waals surface area contributed by atoms with Crippen LogP contribution in [0.1, 0.15) is 21.7 Å². The van der Waals surface area contributed by atoms with Crippen LogP contribution in [0, 0.1) is 0 Å². The predicted octanol–water partition coefficient (Wildman–Crippen LogP) is 0.631. The average Bonchev–Trinajstić information content (AvgIpc) is 2.36. The number of carbonyl (C=O) groups excluding carboxylic acids is 1. The van der Waals surface area contributed by atoms with Crippen molar-refractivity contribution < 1.29 is 9.53 Å². The van der Waals surface area contributed by atoms with Gasteiger partial charge in [-0.1, -0.05) is 11.8 Å². The molecule has 6 heteroatoms. The first kappa shape index (κ1) is 11.3. The molecule has 2 heterocycles. The molecule has 86 valence electrons. The number of ether oxygens (including phenoxy) is 1. The molecular weight excluding hydrogens is 226 g/mol. The van der Waals surface area contributed by atoms with Crippen LogP contribution in [0.5, 0.6) is 0 Å². The SMILES string of the molecule is COC(=O)c1nc(SC)nc2c1CCNC2. The summed E-state index contributed by atoms with van der Waals surface area (Å²) in [6.45, 7) is 1.54. The Kier molecular flexibility index (Phi) is 3.40. The quantitative estimate of drug-likeness (QED) is 0.464. The molecule has 5 nitrogen and oxygen atoms in total. The number of thioether (sulfide) groups is 1. The highest BCUT2D eigenvalue weighted by molar-refractivity contribution is 7.98. The zero-order chi connectivity index (χ0) is 11.5. The number of nitrogens with zero attached hydrogens (tertiary/aromatic N) is 2. The van der Waals surface area contributed by atoms with Gasteiger partial charge in [0.15, 0.2) is 10.9 Å². The fourth-order valence-electron chi connectivity index (χ4n) is 1.69. The maximum Gasteiger partial charge on any atom is 0.357 e. The second-order valence-corrected chi connectivity index (χ2v) is 4.18. The summed E-state index contributed by atoms with van der Waals surface area (Å²) in [5.74, 6) is -0.379. The van der Waals surface area contributed by atoms with Crippen LogP contribution in [0.2, 0.25) is 0 Å². The van der Waals surface area contributed by atoms with Gasteiger partial charge in [0.05, 0.1) is 12.8 Å². The molecule has 0 aromatic carbocycles. The summed E-state index contributed by atoms with van der Waals surface area (Å²) in [4.78, 5) is 20.2. The van der Waals surface area contributed by atoms with Crippen molar-refractivity contribution in [3.05, 3.63) is 17.0 Å². The highest BCUT2D eigenvalue weighted by Crippen LogP contribution is 2.20. The molecule has 1 N–H and O–H groups in total. The van der Waals surface area contributed by atoms with Crippen molar-refractivity contribution in [3.63, 3.8) is 0 Å². The van der Waals surface area contributed by atoms with E-state index in [4.69, 9.17) is 4.74 Å². The van der Waals surface area contributed by atoms with Crippen LogP contribution in [0.25, 0.3) is 0 Å². The van der Waals surface area contributed by atoms with E-state index in [1.165, 1.54) is 18.9 Å². The van der Waals surface area contributed by atoms with Crippen molar-refractivity contribution in [1.29, 1.82) is 0 Å². The van der Waals surface area contributed by atoms with Crippen LogP contribution in [0.3, 0.4) is 0 Å². The Morgan fingerprint density at radius 1 is 1.50 bits per heavy atom. The van der Waals surface area contributed by atoms with Crippen LogP contribution in [-0.2, 0) is 17.7 Å². The number of aromatic nitrogens is 2. The smallest absolute Gasteiger partial charge is 0.357 e. The fraction of sp³-hybridized carbons (Fsp3) is 0.500. The van der Waals surface area contributed by atoms with E-state index in [0.29, 0.717) is 17.4 Å². The third-order valence-corrected chi connectivity index (χ3v) is 3.03. The van der Waals surface area contributed by atoms with E-state index in [2.05, 4.69) is 15.3 Å². The van der Waals surface area contributed by atoms with Gasteiger partial charge < -0.3 is 10.1 Å². The lowest BCUT2D eigenvalue weighted by Crippen LogP contribution is -2.28. The monoisotopic (exact) mass is 239 g/mol. The fourth-order valence-corrected chi connectivity index (χ4v) is 2.08. The molecule has 1 aliphatic rings. The number of hydrogen-bond acceptors (Lipinski definition) is 6. The minimum absolute atomic E-state index is 0.379. The number of methoxy groups -OCH3 is 1. The average molecular weight is 239 g/mol. The standard InChI is InChI=1S/C10H13N3O2S/c1-15-9(14)8-6-3-4-11-5-7(6)12-10(13-8)16-2/h11H,3-5H2,1-2H3. The Balaban J connectivity index is 2.51. The molecule has 1 aromatic rings. The van der Waals surface area contributed by atoms with Gasteiger partial charge in [0, 0.05) is 12.1 Å².